The molecule has 2 aromatic carbocycles. The third-order valence-corrected chi connectivity index (χ3v) is 4.91. The van der Waals surface area contributed by atoms with Gasteiger partial charge in [0.25, 0.3) is 5.91 Å². The average molecular weight is 432 g/mol. The number of ether oxygens (including phenoxy) is 2. The number of carbonyl (C=O) groups excluding carboxylic acids is 2. The van der Waals surface area contributed by atoms with Crippen molar-refractivity contribution in [1.29, 1.82) is 0 Å². The van der Waals surface area contributed by atoms with Gasteiger partial charge in [0, 0.05) is 5.02 Å². The van der Waals surface area contributed by atoms with Crippen molar-refractivity contribution in [1.82, 2.24) is 0 Å². The van der Waals surface area contributed by atoms with E-state index in [0.717, 1.165) is 11.1 Å². The van der Waals surface area contributed by atoms with Crippen molar-refractivity contribution in [3.63, 3.8) is 0 Å². The number of hydrogen-bond acceptors (Lipinski definition) is 4. The highest BCUT2D eigenvalue weighted by Crippen LogP contribution is 2.31. The first-order valence-electron chi connectivity index (χ1n) is 9.78. The summed E-state index contributed by atoms with van der Waals surface area (Å²) in [7, 11) is 1.49. The van der Waals surface area contributed by atoms with Crippen LogP contribution in [0.1, 0.15) is 63.0 Å². The van der Waals surface area contributed by atoms with E-state index in [2.05, 4.69) is 52.9 Å². The molecule has 6 heteroatoms. The number of methoxy groups -OCH3 is 1. The first kappa shape index (κ1) is 23.7. The zero-order valence-electron chi connectivity index (χ0n) is 18.7. The Balaban J connectivity index is 2.16. The number of carbonyl (C=O) groups is 2. The maximum atomic E-state index is 12.7. The molecule has 0 aliphatic carbocycles. The van der Waals surface area contributed by atoms with E-state index in [-0.39, 0.29) is 10.8 Å². The second-order valence-electron chi connectivity index (χ2n) is 9.27. The number of esters is 1. The van der Waals surface area contributed by atoms with Crippen LogP contribution in [0.15, 0.2) is 36.4 Å². The van der Waals surface area contributed by atoms with Crippen LogP contribution < -0.4 is 10.1 Å². The Morgan fingerprint density at radius 3 is 2.00 bits per heavy atom. The van der Waals surface area contributed by atoms with E-state index < -0.39 is 18.5 Å². The van der Waals surface area contributed by atoms with E-state index in [1.165, 1.54) is 7.11 Å². The second kappa shape index (κ2) is 9.09. The molecule has 0 atom stereocenters. The lowest BCUT2D eigenvalue weighted by molar-refractivity contribution is -0.119. The fraction of sp³-hybridized carbons (Fsp3) is 0.417. The molecule has 0 bridgehead atoms. The van der Waals surface area contributed by atoms with Crippen molar-refractivity contribution in [3.05, 3.63) is 58.1 Å². The lowest BCUT2D eigenvalue weighted by Crippen LogP contribution is -2.22. The van der Waals surface area contributed by atoms with Gasteiger partial charge in [-0.15, -0.1) is 0 Å². The normalized spacial score (nSPS) is 11.7. The standard InChI is InChI=1S/C24H30ClNO4/c1-23(2,3)16-10-15(11-17(12-16)24(4,5)6)22(28)30-14-21(27)26-19-13-18(25)8-9-20(19)29-7/h8-13H,14H2,1-7H3,(H,26,27). The summed E-state index contributed by atoms with van der Waals surface area (Å²) in [5, 5.41) is 3.11. The molecule has 0 unspecified atom stereocenters. The van der Waals surface area contributed by atoms with Gasteiger partial charge in [-0.2, -0.15) is 0 Å². The van der Waals surface area contributed by atoms with Gasteiger partial charge >= 0.3 is 5.97 Å². The van der Waals surface area contributed by atoms with Crippen LogP contribution in [0.4, 0.5) is 5.69 Å². The number of halogens is 1. The van der Waals surface area contributed by atoms with Gasteiger partial charge in [0.05, 0.1) is 18.4 Å². The third kappa shape index (κ3) is 6.23. The number of anilines is 1. The van der Waals surface area contributed by atoms with Gasteiger partial charge < -0.3 is 14.8 Å². The largest absolute Gasteiger partial charge is 0.495 e. The third-order valence-electron chi connectivity index (χ3n) is 4.67. The quantitative estimate of drug-likeness (QED) is 0.613. The summed E-state index contributed by atoms with van der Waals surface area (Å²) in [6, 6.07) is 10.7. The fourth-order valence-corrected chi connectivity index (χ4v) is 2.96. The molecule has 162 valence electrons. The predicted molar refractivity (Wildman–Crippen MR) is 121 cm³/mol. The maximum Gasteiger partial charge on any atom is 0.338 e. The Labute approximate surface area is 183 Å². The molecular formula is C24H30ClNO4. The number of nitrogens with one attached hydrogen (secondary N) is 1. The molecule has 0 saturated carbocycles. The Kier molecular flexibility index (Phi) is 7.19. The summed E-state index contributed by atoms with van der Waals surface area (Å²) in [5.41, 5.74) is 2.66. The number of hydrogen-bond donors (Lipinski definition) is 1. The molecule has 5 nitrogen and oxygen atoms in total. The number of amides is 1. The summed E-state index contributed by atoms with van der Waals surface area (Å²) in [6.45, 7) is 12.1. The Hall–Kier alpha value is -2.53. The van der Waals surface area contributed by atoms with Gasteiger partial charge in [0.2, 0.25) is 0 Å². The van der Waals surface area contributed by atoms with Crippen LogP contribution in [0, 0.1) is 0 Å². The molecular weight excluding hydrogens is 402 g/mol. The summed E-state index contributed by atoms with van der Waals surface area (Å²) >= 11 is 5.98. The molecule has 2 rings (SSSR count). The molecule has 0 heterocycles. The topological polar surface area (TPSA) is 64.6 Å². The van der Waals surface area contributed by atoms with Crippen LogP contribution in [0.5, 0.6) is 5.75 Å². The van der Waals surface area contributed by atoms with Gasteiger partial charge in [-0.05, 0) is 52.3 Å². The maximum absolute atomic E-state index is 12.7. The van der Waals surface area contributed by atoms with Gasteiger partial charge in [-0.1, -0.05) is 59.2 Å². The minimum Gasteiger partial charge on any atom is -0.495 e. The van der Waals surface area contributed by atoms with E-state index in [9.17, 15) is 9.59 Å². The molecule has 0 aliphatic rings. The highest BCUT2D eigenvalue weighted by Gasteiger charge is 2.23. The van der Waals surface area contributed by atoms with E-state index in [0.29, 0.717) is 22.0 Å². The Morgan fingerprint density at radius 1 is 0.933 bits per heavy atom. The molecule has 0 saturated heterocycles. The highest BCUT2D eigenvalue weighted by atomic mass is 35.5. The van der Waals surface area contributed by atoms with E-state index in [1.807, 2.05) is 12.1 Å². The molecule has 0 fully saturated rings. The highest BCUT2D eigenvalue weighted by molar-refractivity contribution is 6.31. The van der Waals surface area contributed by atoms with Crippen molar-refractivity contribution < 1.29 is 19.1 Å². The van der Waals surface area contributed by atoms with Gasteiger partial charge in [-0.25, -0.2) is 4.79 Å². The van der Waals surface area contributed by atoms with Crippen LogP contribution in [0.25, 0.3) is 0 Å². The van der Waals surface area contributed by atoms with Gasteiger partial charge in [0.1, 0.15) is 5.75 Å². The first-order valence-corrected chi connectivity index (χ1v) is 10.2. The van der Waals surface area contributed by atoms with Gasteiger partial charge in [-0.3, -0.25) is 4.79 Å². The lowest BCUT2D eigenvalue weighted by atomic mass is 9.79. The van der Waals surface area contributed by atoms with Crippen LogP contribution in [0.2, 0.25) is 5.02 Å². The lowest BCUT2D eigenvalue weighted by Gasteiger charge is -2.25. The van der Waals surface area contributed by atoms with Crippen LogP contribution >= 0.6 is 11.6 Å². The monoisotopic (exact) mass is 431 g/mol. The smallest absolute Gasteiger partial charge is 0.338 e. The van der Waals surface area contributed by atoms with Crippen molar-refractivity contribution in [2.24, 2.45) is 0 Å². The number of rotatable bonds is 5. The molecule has 30 heavy (non-hydrogen) atoms. The molecule has 0 radical (unpaired) electrons. The average Bonchev–Trinajstić information content (AvgIpc) is 2.64. The summed E-state index contributed by atoms with van der Waals surface area (Å²) in [4.78, 5) is 25.0. The van der Waals surface area contributed by atoms with Crippen molar-refractivity contribution in [2.75, 3.05) is 19.0 Å². The second-order valence-corrected chi connectivity index (χ2v) is 9.70. The fourth-order valence-electron chi connectivity index (χ4n) is 2.79. The van der Waals surface area contributed by atoms with Crippen LogP contribution in [-0.4, -0.2) is 25.6 Å². The SMILES string of the molecule is COc1ccc(Cl)cc1NC(=O)COC(=O)c1cc(C(C)(C)C)cc(C(C)(C)C)c1. The zero-order valence-corrected chi connectivity index (χ0v) is 19.4. The summed E-state index contributed by atoms with van der Waals surface area (Å²) in [6.07, 6.45) is 0. The van der Waals surface area contributed by atoms with E-state index in [1.54, 1.807) is 18.2 Å². The first-order chi connectivity index (χ1) is 13.8. The molecule has 0 spiro atoms. The minimum absolute atomic E-state index is 0.128. The molecule has 0 aromatic heterocycles. The molecule has 0 aliphatic heterocycles. The minimum atomic E-state index is -0.542. The van der Waals surface area contributed by atoms with E-state index in [4.69, 9.17) is 21.1 Å². The Morgan fingerprint density at radius 2 is 1.50 bits per heavy atom. The van der Waals surface area contributed by atoms with Crippen molar-refractivity contribution in [2.45, 2.75) is 52.4 Å². The molecule has 1 amide bonds. The van der Waals surface area contributed by atoms with Crippen LogP contribution in [-0.2, 0) is 20.4 Å². The van der Waals surface area contributed by atoms with Gasteiger partial charge in [0.15, 0.2) is 6.61 Å². The number of benzene rings is 2. The Bertz CT molecular complexity index is 907. The predicted octanol–water partition coefficient (Wildman–Crippen LogP) is 5.74. The van der Waals surface area contributed by atoms with Crippen LogP contribution in [0.3, 0.4) is 0 Å². The summed E-state index contributed by atoms with van der Waals surface area (Å²) < 4.78 is 10.5. The van der Waals surface area contributed by atoms with E-state index >= 15 is 0 Å². The molecule has 2 aromatic rings. The summed E-state index contributed by atoms with van der Waals surface area (Å²) in [5.74, 6) is -0.557. The molecule has 1 N–H and O–H groups in total. The zero-order chi connectivity index (χ0) is 22.7. The van der Waals surface area contributed by atoms with Crippen molar-refractivity contribution in [3.8, 4) is 5.75 Å². The van der Waals surface area contributed by atoms with Crippen molar-refractivity contribution >= 4 is 29.2 Å².